The number of hydrogen-bond donors (Lipinski definition) is 2. The van der Waals surface area contributed by atoms with E-state index in [2.05, 4.69) is 16.5 Å². The monoisotopic (exact) mass is 1780 g/mol. The highest BCUT2D eigenvalue weighted by molar-refractivity contribution is 7.93. The molecule has 36 nitrogen and oxygen atoms in total. The van der Waals surface area contributed by atoms with Crippen molar-refractivity contribution in [2.24, 2.45) is 0 Å². The third kappa shape index (κ3) is 23.6. The number of esters is 4. The van der Waals surface area contributed by atoms with E-state index in [0.29, 0.717) is 25.7 Å². The number of rotatable bonds is 45. The first kappa shape index (κ1) is 92.2. The van der Waals surface area contributed by atoms with Crippen molar-refractivity contribution in [2.45, 2.75) is 117 Å². The van der Waals surface area contributed by atoms with Crippen LogP contribution in [0.4, 0.5) is 0 Å². The Morgan fingerprint density at radius 1 is 0.333 bits per heavy atom. The van der Waals surface area contributed by atoms with Crippen LogP contribution in [0.15, 0.2) is 105 Å². The smallest absolute Gasteiger partial charge is 0.321 e. The Morgan fingerprint density at radius 2 is 0.607 bits per heavy atom. The van der Waals surface area contributed by atoms with Crippen LogP contribution in [0, 0.1) is 0 Å². The Kier molecular flexibility index (Phi) is 30.7. The number of benzene rings is 4. The zero-order valence-corrected chi connectivity index (χ0v) is 72.1. The molecule has 2 aliphatic rings. The van der Waals surface area contributed by atoms with Crippen molar-refractivity contribution in [3.05, 3.63) is 85.5 Å². The average molecular weight is 1780 g/mol. The molecule has 4 aromatic carbocycles. The van der Waals surface area contributed by atoms with Gasteiger partial charge in [-0.25, -0.2) is 97.2 Å². The van der Waals surface area contributed by atoms with Gasteiger partial charge in [-0.2, -0.15) is 17.2 Å². The summed E-state index contributed by atoms with van der Waals surface area (Å²) in [6.07, 6.45) is 5.19. The van der Waals surface area contributed by atoms with Crippen LogP contribution in [-0.4, -0.2) is 275 Å². The van der Waals surface area contributed by atoms with Crippen LogP contribution < -0.4 is 0 Å². The number of nitrogens with one attached hydrogen (secondary N) is 2. The van der Waals surface area contributed by atoms with E-state index in [0.717, 1.165) is 71.1 Å². The molecule has 2 aliphatic heterocycles. The number of aromatic nitrogens is 8. The summed E-state index contributed by atoms with van der Waals surface area (Å²) in [7, 11) is -30.0. The molecule has 0 radical (unpaired) electrons. The highest BCUT2D eigenvalue weighted by Crippen LogP contribution is 2.40. The summed E-state index contributed by atoms with van der Waals surface area (Å²) in [5.41, 5.74) is -0.350. The third-order valence-corrected chi connectivity index (χ3v) is 33.6. The summed E-state index contributed by atoms with van der Waals surface area (Å²) in [5, 5.41) is 0.313. The van der Waals surface area contributed by atoms with Crippen molar-refractivity contribution in [1.82, 2.24) is 57.1 Å². The molecule has 0 saturated carbocycles. The van der Waals surface area contributed by atoms with Gasteiger partial charge in [0, 0.05) is 72.0 Å². The summed E-state index contributed by atoms with van der Waals surface area (Å²) < 4.78 is 246. The largest absolute Gasteiger partial charge is 0.465 e. The lowest BCUT2D eigenvalue weighted by atomic mass is 10.1. The molecule has 9 rings (SSSR count). The topological polar surface area (TPSA) is 500 Å². The third-order valence-electron chi connectivity index (χ3n) is 18.9. The Balaban J connectivity index is 1.20. The second-order valence-corrected chi connectivity index (χ2v) is 45.0. The van der Waals surface area contributed by atoms with Gasteiger partial charge in [0.25, 0.3) is 0 Å². The second-order valence-electron chi connectivity index (χ2n) is 27.8. The zero-order chi connectivity index (χ0) is 85.6. The number of carbonyl (C=O) groups excluding carboxylic acids is 4. The molecule has 0 atom stereocenters. The molecule has 7 aromatic rings. The SMILES string of the molecule is C=CCOC(=O)CN(C)S(=O)(=O)CCCS(=O)(=O)c1ccc2c3nc4nc(nc5[nH]c(nc6nc(nc([nH]3)c2c1)-c1cc(S(=O)(=O)CCCS(=O)(=O)N(C)CC(=O)OCCCC)ccc1-6)c1ccc(S(=O)(=O)CCCS(=O)(=O)N(C)CC(=O)OCCCCC)cc51)-c1cc(S(=O)(=O)CCCS(=O)(=O)N(C)CC(=O)OCCCCC)ccc1-4. The van der Waals surface area contributed by atoms with Crippen molar-refractivity contribution in [3.63, 3.8) is 0 Å². The van der Waals surface area contributed by atoms with E-state index in [-0.39, 0.29) is 136 Å². The minimum atomic E-state index is -4.43. The number of likely N-dealkylation sites (N-methyl/N-ethyl adjacent to an activating group) is 4. The standard InChI is InChI=1S/C73H94N12O24S8/c1-9-13-16-32-108-64(88)48-84(7)116(102,103)40-20-36-112(94,95)52-24-28-56-60(44-52)72-78-68(56)74-66-54-26-22-50(110(90,91)34-18-38-114(98,99)82(5)46-62(86)106-30-12-4)42-58(54)70(76-66)80-71-59-43-51(111(92,93)35-19-39-115(100,101)83(6)47-63(87)107-31-15-11-3)23-27-55(59)67(77-71)75-69-57-29-25-53(45-61(57)73(79-69)81-72)113(96,97)37-21-41-117(104,105)85(8)49-65(89)109-33-17-14-10-2/h12,22-29,42-45H,4,9-11,13-21,30-41,46-49H2,1-3,5-8H3,(H2,74,75,76,77,78,79,80,81). The van der Waals surface area contributed by atoms with E-state index in [1.807, 2.05) is 20.8 Å². The lowest BCUT2D eigenvalue weighted by Crippen LogP contribution is -2.35. The van der Waals surface area contributed by atoms with Crippen LogP contribution in [-0.2, 0) is 118 Å². The summed E-state index contributed by atoms with van der Waals surface area (Å²) in [4.78, 5) is 84.0. The summed E-state index contributed by atoms with van der Waals surface area (Å²) in [5.74, 6) is -9.92. The molecule has 0 fully saturated rings. The molecule has 0 spiro atoms. The van der Waals surface area contributed by atoms with E-state index >= 15 is 0 Å². The fraction of sp³-hybridized carbons (Fsp3) is 0.479. The van der Waals surface area contributed by atoms with Crippen molar-refractivity contribution < 1.29 is 105 Å². The molecule has 117 heavy (non-hydrogen) atoms. The normalized spacial score (nSPS) is 13.0. The first-order valence-corrected chi connectivity index (χ1v) is 50.4. The first-order chi connectivity index (χ1) is 55.0. The molecule has 0 saturated heterocycles. The van der Waals surface area contributed by atoms with Gasteiger partial charge in [-0.3, -0.25) is 19.2 Å². The first-order valence-electron chi connectivity index (χ1n) is 37.4. The molecule has 638 valence electrons. The van der Waals surface area contributed by atoms with Crippen molar-refractivity contribution in [1.29, 1.82) is 0 Å². The van der Waals surface area contributed by atoms with Gasteiger partial charge in [-0.15, -0.1) is 0 Å². The van der Waals surface area contributed by atoms with Gasteiger partial charge in [0.05, 0.1) is 85.4 Å². The molecule has 0 aliphatic carbocycles. The Bertz CT molecular complexity index is 6070. The number of aromatic amines is 2. The van der Waals surface area contributed by atoms with Gasteiger partial charge >= 0.3 is 23.9 Å². The number of H-pyrrole nitrogens is 2. The minimum absolute atomic E-state index is 0.00716. The van der Waals surface area contributed by atoms with Gasteiger partial charge < -0.3 is 28.9 Å². The number of hydrogen-bond acceptors (Lipinski definition) is 30. The molecule has 5 heterocycles. The molecule has 2 N–H and O–H groups in total. The Morgan fingerprint density at radius 3 is 0.915 bits per heavy atom. The second kappa shape index (κ2) is 39.0. The van der Waals surface area contributed by atoms with Crippen molar-refractivity contribution in [2.75, 3.05) is 127 Å². The molecule has 0 unspecified atom stereocenters. The van der Waals surface area contributed by atoms with Gasteiger partial charge in [0.1, 0.15) is 55.4 Å². The van der Waals surface area contributed by atoms with Crippen LogP contribution in [0.5, 0.6) is 0 Å². The maximum Gasteiger partial charge on any atom is 0.321 e. The fourth-order valence-corrected chi connectivity index (χ4v) is 22.7. The van der Waals surface area contributed by atoms with E-state index in [9.17, 15) is 86.5 Å². The van der Waals surface area contributed by atoms with Crippen LogP contribution in [0.25, 0.3) is 89.7 Å². The van der Waals surface area contributed by atoms with Crippen LogP contribution in [0.3, 0.4) is 0 Å². The van der Waals surface area contributed by atoms with Crippen molar-refractivity contribution >= 4 is 147 Å². The number of ether oxygens (including phenoxy) is 4. The Hall–Kier alpha value is -8.70. The number of sulfonamides is 4. The predicted octanol–water partition coefficient (Wildman–Crippen LogP) is 6.11. The summed E-state index contributed by atoms with van der Waals surface area (Å²) in [6.45, 7) is 6.77. The molecule has 0 amide bonds. The number of sulfone groups is 4. The van der Waals surface area contributed by atoms with E-state index in [1.165, 1.54) is 78.9 Å². The van der Waals surface area contributed by atoms with E-state index in [4.69, 9.17) is 48.9 Å². The molecular formula is C73H94N12O24S8. The van der Waals surface area contributed by atoms with Crippen LogP contribution in [0.1, 0.15) is 97.8 Å². The maximum atomic E-state index is 14.5. The lowest BCUT2D eigenvalue weighted by Gasteiger charge is -2.16. The number of nitrogens with zero attached hydrogens (tertiary/aromatic N) is 10. The molecule has 44 heteroatoms. The van der Waals surface area contributed by atoms with Crippen LogP contribution in [0.2, 0.25) is 0 Å². The predicted molar refractivity (Wildman–Crippen MR) is 436 cm³/mol. The Labute approximate surface area is 680 Å². The maximum absolute atomic E-state index is 14.5. The highest BCUT2D eigenvalue weighted by Gasteiger charge is 2.32. The number of unbranched alkanes of at least 4 members (excludes halogenated alkanes) is 5. The highest BCUT2D eigenvalue weighted by atomic mass is 32.2. The van der Waals surface area contributed by atoms with E-state index in [1.54, 1.807) is 0 Å². The lowest BCUT2D eigenvalue weighted by molar-refractivity contribution is -0.144. The molecule has 3 aromatic heterocycles. The molecule has 8 bridgehead atoms. The van der Waals surface area contributed by atoms with Crippen molar-refractivity contribution in [3.8, 4) is 45.6 Å². The van der Waals surface area contributed by atoms with Gasteiger partial charge in [0.15, 0.2) is 62.6 Å². The zero-order valence-electron chi connectivity index (χ0n) is 65.5. The summed E-state index contributed by atoms with van der Waals surface area (Å²) >= 11 is 0. The van der Waals surface area contributed by atoms with E-state index < -0.39 is 201 Å². The average Bonchev–Trinajstić information content (AvgIpc) is 1.59. The minimum Gasteiger partial charge on any atom is -0.465 e. The van der Waals surface area contributed by atoms with Crippen LogP contribution >= 0.6 is 0 Å². The number of carbonyl (C=O) groups is 4. The molecular weight excluding hydrogens is 1690 g/mol. The number of fused-ring (bicyclic) bond motifs is 20. The van der Waals surface area contributed by atoms with Gasteiger partial charge in [0.2, 0.25) is 40.1 Å². The quantitative estimate of drug-likeness (QED) is 0.0188. The van der Waals surface area contributed by atoms with Gasteiger partial charge in [-0.05, 0) is 118 Å². The van der Waals surface area contributed by atoms with Gasteiger partial charge in [-0.1, -0.05) is 65.5 Å². The fourth-order valence-electron chi connectivity index (χ4n) is 12.2. The summed E-state index contributed by atoms with van der Waals surface area (Å²) in [6, 6.07) is 15.1.